The van der Waals surface area contributed by atoms with Crippen LogP contribution in [0.5, 0.6) is 0 Å². The molecule has 0 spiro atoms. The molecule has 16 heavy (non-hydrogen) atoms. The van der Waals surface area contributed by atoms with Crippen LogP contribution in [0.3, 0.4) is 0 Å². The molecule has 1 fully saturated rings. The summed E-state index contributed by atoms with van der Waals surface area (Å²) < 4.78 is 0. The number of aryl methyl sites for hydroxylation is 1. The molecule has 0 bridgehead atoms. The van der Waals surface area contributed by atoms with Gasteiger partial charge in [-0.1, -0.05) is 24.3 Å². The Hall–Kier alpha value is -0.860. The lowest BCUT2D eigenvalue weighted by Gasteiger charge is -2.36. The zero-order valence-corrected chi connectivity index (χ0v) is 10.1. The van der Waals surface area contributed by atoms with Gasteiger partial charge in [-0.25, -0.2) is 0 Å². The minimum atomic E-state index is -0.0258. The third-order valence-electron chi connectivity index (χ3n) is 3.83. The van der Waals surface area contributed by atoms with E-state index >= 15 is 0 Å². The van der Waals surface area contributed by atoms with Crippen molar-refractivity contribution in [3.8, 4) is 0 Å². The van der Waals surface area contributed by atoms with Crippen LogP contribution in [0.15, 0.2) is 24.3 Å². The van der Waals surface area contributed by atoms with E-state index in [4.69, 9.17) is 11.5 Å². The lowest BCUT2D eigenvalue weighted by Crippen LogP contribution is -2.47. The average molecular weight is 218 g/mol. The van der Waals surface area contributed by atoms with Gasteiger partial charge in [0.15, 0.2) is 0 Å². The smallest absolute Gasteiger partial charge is 0.0196 e. The largest absolute Gasteiger partial charge is 0.328 e. The summed E-state index contributed by atoms with van der Waals surface area (Å²) in [5.74, 6) is 0. The molecule has 1 aliphatic rings. The van der Waals surface area contributed by atoms with Crippen molar-refractivity contribution in [3.63, 3.8) is 0 Å². The van der Waals surface area contributed by atoms with Crippen LogP contribution in [-0.4, -0.2) is 11.6 Å². The van der Waals surface area contributed by atoms with Crippen molar-refractivity contribution in [3.05, 3.63) is 35.4 Å². The van der Waals surface area contributed by atoms with E-state index in [2.05, 4.69) is 31.2 Å². The van der Waals surface area contributed by atoms with E-state index in [-0.39, 0.29) is 5.54 Å². The summed E-state index contributed by atoms with van der Waals surface area (Å²) in [7, 11) is 0. The molecule has 0 unspecified atom stereocenters. The third kappa shape index (κ3) is 2.63. The second kappa shape index (κ2) is 4.56. The van der Waals surface area contributed by atoms with E-state index in [9.17, 15) is 0 Å². The second-order valence-corrected chi connectivity index (χ2v) is 5.30. The number of benzene rings is 1. The maximum atomic E-state index is 6.47. The molecule has 2 rings (SSSR count). The Bertz CT molecular complexity index is 352. The highest BCUT2D eigenvalue weighted by molar-refractivity contribution is 5.27. The fourth-order valence-electron chi connectivity index (χ4n) is 2.58. The molecule has 2 nitrogen and oxygen atoms in total. The molecule has 0 amide bonds. The molecular weight excluding hydrogens is 196 g/mol. The first-order chi connectivity index (χ1) is 7.59. The maximum Gasteiger partial charge on any atom is 0.0196 e. The van der Waals surface area contributed by atoms with Crippen molar-refractivity contribution in [1.82, 2.24) is 0 Å². The van der Waals surface area contributed by atoms with Crippen molar-refractivity contribution in [2.24, 2.45) is 11.5 Å². The van der Waals surface area contributed by atoms with Gasteiger partial charge in [-0.3, -0.25) is 0 Å². The lowest BCUT2D eigenvalue weighted by atomic mass is 9.76. The van der Waals surface area contributed by atoms with Gasteiger partial charge >= 0.3 is 0 Å². The summed E-state index contributed by atoms with van der Waals surface area (Å²) in [4.78, 5) is 0. The van der Waals surface area contributed by atoms with Crippen LogP contribution in [-0.2, 0) is 6.42 Å². The van der Waals surface area contributed by atoms with Crippen LogP contribution in [0, 0.1) is 6.92 Å². The van der Waals surface area contributed by atoms with Crippen LogP contribution in [0.4, 0.5) is 0 Å². The van der Waals surface area contributed by atoms with Crippen LogP contribution in [0.1, 0.15) is 36.8 Å². The standard InChI is InChI=1S/C14H22N2/c1-11-4-2-3-5-12(11)10-14(16)8-6-13(15)7-9-14/h2-5,13H,6-10,15-16H2,1H3. The van der Waals surface area contributed by atoms with E-state index in [1.54, 1.807) is 0 Å². The SMILES string of the molecule is Cc1ccccc1CC1(N)CCC(N)CC1. The maximum absolute atomic E-state index is 6.47. The molecule has 2 heteroatoms. The van der Waals surface area contributed by atoms with Crippen molar-refractivity contribution in [2.45, 2.75) is 50.6 Å². The highest BCUT2D eigenvalue weighted by Crippen LogP contribution is 2.29. The van der Waals surface area contributed by atoms with Gasteiger partial charge in [-0.15, -0.1) is 0 Å². The Morgan fingerprint density at radius 3 is 2.50 bits per heavy atom. The van der Waals surface area contributed by atoms with Crippen molar-refractivity contribution in [1.29, 1.82) is 0 Å². The molecular formula is C14H22N2. The monoisotopic (exact) mass is 218 g/mol. The van der Waals surface area contributed by atoms with Crippen molar-refractivity contribution < 1.29 is 0 Å². The molecule has 1 aliphatic carbocycles. The number of nitrogens with two attached hydrogens (primary N) is 2. The normalized spacial score (nSPS) is 30.3. The van der Waals surface area contributed by atoms with Gasteiger partial charge in [-0.05, 0) is 50.2 Å². The lowest BCUT2D eigenvalue weighted by molar-refractivity contribution is 0.271. The molecule has 1 aromatic rings. The fraction of sp³-hybridized carbons (Fsp3) is 0.571. The molecule has 0 aromatic heterocycles. The first-order valence-corrected chi connectivity index (χ1v) is 6.18. The van der Waals surface area contributed by atoms with Gasteiger partial charge in [-0.2, -0.15) is 0 Å². The summed E-state index contributed by atoms with van der Waals surface area (Å²) in [6.45, 7) is 2.16. The molecule has 0 aliphatic heterocycles. The summed E-state index contributed by atoms with van der Waals surface area (Å²) in [6, 6.07) is 8.90. The van der Waals surface area contributed by atoms with Gasteiger partial charge in [0.05, 0.1) is 0 Å². The molecule has 88 valence electrons. The van der Waals surface area contributed by atoms with Crippen molar-refractivity contribution >= 4 is 0 Å². The zero-order chi connectivity index (χ0) is 11.6. The van der Waals surface area contributed by atoms with Gasteiger partial charge in [0, 0.05) is 11.6 Å². The predicted molar refractivity (Wildman–Crippen MR) is 68.2 cm³/mol. The second-order valence-electron chi connectivity index (χ2n) is 5.30. The molecule has 4 N–H and O–H groups in total. The molecule has 0 atom stereocenters. The minimum Gasteiger partial charge on any atom is -0.328 e. The fourth-order valence-corrected chi connectivity index (χ4v) is 2.58. The molecule has 1 saturated carbocycles. The quantitative estimate of drug-likeness (QED) is 0.799. The van der Waals surface area contributed by atoms with Crippen LogP contribution < -0.4 is 11.5 Å². The number of hydrogen-bond donors (Lipinski definition) is 2. The summed E-state index contributed by atoms with van der Waals surface area (Å²) in [5.41, 5.74) is 15.1. The Kier molecular flexibility index (Phi) is 3.31. The van der Waals surface area contributed by atoms with Crippen molar-refractivity contribution in [2.75, 3.05) is 0 Å². The Balaban J connectivity index is 2.07. The van der Waals surface area contributed by atoms with E-state index < -0.39 is 0 Å². The number of hydrogen-bond acceptors (Lipinski definition) is 2. The first kappa shape index (κ1) is 11.6. The van der Waals surface area contributed by atoms with E-state index in [0.717, 1.165) is 32.1 Å². The van der Waals surface area contributed by atoms with E-state index in [0.29, 0.717) is 6.04 Å². The van der Waals surface area contributed by atoms with Gasteiger partial charge in [0.25, 0.3) is 0 Å². The van der Waals surface area contributed by atoms with Gasteiger partial charge in [0.2, 0.25) is 0 Å². The number of rotatable bonds is 2. The predicted octanol–water partition coefficient (Wildman–Crippen LogP) is 2.14. The van der Waals surface area contributed by atoms with E-state index in [1.165, 1.54) is 11.1 Å². The van der Waals surface area contributed by atoms with Gasteiger partial charge < -0.3 is 11.5 Å². The minimum absolute atomic E-state index is 0.0258. The summed E-state index contributed by atoms with van der Waals surface area (Å²) >= 11 is 0. The highest BCUT2D eigenvalue weighted by atomic mass is 14.8. The third-order valence-corrected chi connectivity index (χ3v) is 3.83. The van der Waals surface area contributed by atoms with Gasteiger partial charge in [0.1, 0.15) is 0 Å². The topological polar surface area (TPSA) is 52.0 Å². The molecule has 0 radical (unpaired) electrons. The van der Waals surface area contributed by atoms with Crippen LogP contribution in [0.25, 0.3) is 0 Å². The summed E-state index contributed by atoms with van der Waals surface area (Å²) in [5, 5.41) is 0. The Labute approximate surface area is 98.0 Å². The Morgan fingerprint density at radius 1 is 1.25 bits per heavy atom. The molecule has 0 saturated heterocycles. The first-order valence-electron chi connectivity index (χ1n) is 6.18. The summed E-state index contributed by atoms with van der Waals surface area (Å²) in [6.07, 6.45) is 5.25. The molecule has 1 aromatic carbocycles. The average Bonchev–Trinajstić information content (AvgIpc) is 2.27. The highest BCUT2D eigenvalue weighted by Gasteiger charge is 2.30. The van der Waals surface area contributed by atoms with E-state index in [1.807, 2.05) is 0 Å². The molecule has 0 heterocycles. The van der Waals surface area contributed by atoms with Crippen LogP contribution >= 0.6 is 0 Å². The Morgan fingerprint density at radius 2 is 1.88 bits per heavy atom. The van der Waals surface area contributed by atoms with Crippen LogP contribution in [0.2, 0.25) is 0 Å². The zero-order valence-electron chi connectivity index (χ0n) is 10.1.